The topological polar surface area (TPSA) is 55.1 Å². The van der Waals surface area contributed by atoms with E-state index in [2.05, 4.69) is 21.0 Å². The highest BCUT2D eigenvalue weighted by atomic mass is 79.9. The standard InChI is InChI=1S/C13H19BrN2O2/c1-3-16-10(11(14)9(2)15-16)8-13(12(17)18)6-4-5-7-13/h3-8H2,1-2H3,(H,17,18). The second-order valence-corrected chi connectivity index (χ2v) is 5.92. The van der Waals surface area contributed by atoms with Crippen LogP contribution >= 0.6 is 15.9 Å². The van der Waals surface area contributed by atoms with Crippen molar-refractivity contribution in [2.45, 2.75) is 52.5 Å². The maximum Gasteiger partial charge on any atom is 0.310 e. The predicted molar refractivity (Wildman–Crippen MR) is 72.6 cm³/mol. The lowest BCUT2D eigenvalue weighted by atomic mass is 9.81. The highest BCUT2D eigenvalue weighted by Gasteiger charge is 2.42. The van der Waals surface area contributed by atoms with Gasteiger partial charge in [-0.15, -0.1) is 0 Å². The summed E-state index contributed by atoms with van der Waals surface area (Å²) >= 11 is 3.55. The van der Waals surface area contributed by atoms with Gasteiger partial charge < -0.3 is 5.11 Å². The van der Waals surface area contributed by atoms with Crippen molar-refractivity contribution in [2.24, 2.45) is 5.41 Å². The van der Waals surface area contributed by atoms with E-state index in [-0.39, 0.29) is 0 Å². The largest absolute Gasteiger partial charge is 0.481 e. The molecule has 100 valence electrons. The van der Waals surface area contributed by atoms with Crippen LogP contribution in [-0.2, 0) is 17.8 Å². The molecule has 1 aliphatic carbocycles. The second kappa shape index (κ2) is 5.03. The average molecular weight is 315 g/mol. The maximum atomic E-state index is 11.6. The van der Waals surface area contributed by atoms with Crippen LogP contribution in [0.1, 0.15) is 44.0 Å². The fourth-order valence-electron chi connectivity index (χ4n) is 2.88. The molecule has 5 heteroatoms. The van der Waals surface area contributed by atoms with Crippen LogP contribution in [0.25, 0.3) is 0 Å². The highest BCUT2D eigenvalue weighted by molar-refractivity contribution is 9.10. The molecular formula is C13H19BrN2O2. The summed E-state index contributed by atoms with van der Waals surface area (Å²) in [6, 6.07) is 0. The van der Waals surface area contributed by atoms with Crippen LogP contribution in [0.2, 0.25) is 0 Å². The molecule has 1 fully saturated rings. The predicted octanol–water partition coefficient (Wildman–Crippen LogP) is 3.16. The molecule has 0 saturated heterocycles. The van der Waals surface area contributed by atoms with Crippen molar-refractivity contribution >= 4 is 21.9 Å². The Morgan fingerprint density at radius 3 is 2.61 bits per heavy atom. The molecule has 4 nitrogen and oxygen atoms in total. The summed E-state index contributed by atoms with van der Waals surface area (Å²) in [5.74, 6) is -0.659. The number of aliphatic carboxylic acids is 1. The van der Waals surface area contributed by atoms with E-state index >= 15 is 0 Å². The summed E-state index contributed by atoms with van der Waals surface area (Å²) in [7, 11) is 0. The molecular weight excluding hydrogens is 296 g/mol. The van der Waals surface area contributed by atoms with Gasteiger partial charge >= 0.3 is 5.97 Å². The zero-order valence-electron chi connectivity index (χ0n) is 10.9. The van der Waals surface area contributed by atoms with E-state index < -0.39 is 11.4 Å². The van der Waals surface area contributed by atoms with E-state index in [9.17, 15) is 9.90 Å². The van der Waals surface area contributed by atoms with Crippen molar-refractivity contribution in [3.05, 3.63) is 15.9 Å². The van der Waals surface area contributed by atoms with E-state index in [0.717, 1.165) is 48.1 Å². The number of carboxylic acid groups (broad SMARTS) is 1. The molecule has 0 radical (unpaired) electrons. The third-order valence-electron chi connectivity index (χ3n) is 3.97. The first-order valence-corrected chi connectivity index (χ1v) is 7.24. The average Bonchev–Trinajstić information content (AvgIpc) is 2.90. The molecule has 0 amide bonds. The number of aryl methyl sites for hydroxylation is 2. The van der Waals surface area contributed by atoms with Crippen LogP contribution in [-0.4, -0.2) is 20.9 Å². The van der Waals surface area contributed by atoms with Gasteiger partial charge in [0.25, 0.3) is 0 Å². The van der Waals surface area contributed by atoms with Crippen LogP contribution in [0, 0.1) is 12.3 Å². The number of rotatable bonds is 4. The molecule has 1 heterocycles. The van der Waals surface area contributed by atoms with E-state index in [1.165, 1.54) is 0 Å². The summed E-state index contributed by atoms with van der Waals surface area (Å²) in [6.07, 6.45) is 4.18. The van der Waals surface area contributed by atoms with Crippen molar-refractivity contribution in [2.75, 3.05) is 0 Å². The van der Waals surface area contributed by atoms with Gasteiger partial charge in [0.05, 0.1) is 21.3 Å². The quantitative estimate of drug-likeness (QED) is 0.928. The van der Waals surface area contributed by atoms with Gasteiger partial charge in [-0.2, -0.15) is 5.10 Å². The van der Waals surface area contributed by atoms with Crippen molar-refractivity contribution in [3.8, 4) is 0 Å². The van der Waals surface area contributed by atoms with E-state index in [1.807, 2.05) is 18.5 Å². The van der Waals surface area contributed by atoms with Gasteiger partial charge in [0.1, 0.15) is 0 Å². The van der Waals surface area contributed by atoms with Crippen molar-refractivity contribution in [1.29, 1.82) is 0 Å². The fraction of sp³-hybridized carbons (Fsp3) is 0.692. The Balaban J connectivity index is 2.35. The molecule has 18 heavy (non-hydrogen) atoms. The summed E-state index contributed by atoms with van der Waals surface area (Å²) in [4.78, 5) is 11.6. The van der Waals surface area contributed by atoms with Gasteiger partial charge in [0, 0.05) is 13.0 Å². The van der Waals surface area contributed by atoms with Crippen molar-refractivity contribution in [1.82, 2.24) is 9.78 Å². The molecule has 1 N–H and O–H groups in total. The number of carbonyl (C=O) groups is 1. The minimum absolute atomic E-state index is 0.581. The Morgan fingerprint density at radius 1 is 1.50 bits per heavy atom. The van der Waals surface area contributed by atoms with Crippen LogP contribution in [0.4, 0.5) is 0 Å². The first kappa shape index (κ1) is 13.6. The third kappa shape index (κ3) is 2.20. The second-order valence-electron chi connectivity index (χ2n) is 5.13. The Bertz CT molecular complexity index is 462. The Kier molecular flexibility index (Phi) is 3.80. The van der Waals surface area contributed by atoms with E-state index in [4.69, 9.17) is 0 Å². The summed E-state index contributed by atoms with van der Waals surface area (Å²) in [5.41, 5.74) is 1.38. The Morgan fingerprint density at radius 2 is 2.11 bits per heavy atom. The number of nitrogens with zero attached hydrogens (tertiary/aromatic N) is 2. The molecule has 1 saturated carbocycles. The SMILES string of the molecule is CCn1nc(C)c(Br)c1CC1(C(=O)O)CCCC1. The number of hydrogen-bond donors (Lipinski definition) is 1. The summed E-state index contributed by atoms with van der Waals surface area (Å²) < 4.78 is 2.89. The maximum absolute atomic E-state index is 11.6. The van der Waals surface area contributed by atoms with Gasteiger partial charge in [-0.05, 0) is 42.6 Å². The minimum atomic E-state index is -0.659. The number of hydrogen-bond acceptors (Lipinski definition) is 2. The fourth-order valence-corrected chi connectivity index (χ4v) is 3.30. The lowest BCUT2D eigenvalue weighted by Crippen LogP contribution is -2.31. The third-order valence-corrected chi connectivity index (χ3v) is 5.00. The van der Waals surface area contributed by atoms with Gasteiger partial charge in [-0.1, -0.05) is 12.8 Å². The smallest absolute Gasteiger partial charge is 0.310 e. The highest BCUT2D eigenvalue weighted by Crippen LogP contribution is 2.42. The molecule has 2 rings (SSSR count). The number of carboxylic acids is 1. The van der Waals surface area contributed by atoms with Crippen LogP contribution in [0.15, 0.2) is 4.47 Å². The lowest BCUT2D eigenvalue weighted by Gasteiger charge is -2.24. The summed E-state index contributed by atoms with van der Waals surface area (Å²) in [5, 5.41) is 14.0. The molecule has 0 bridgehead atoms. The first-order valence-electron chi connectivity index (χ1n) is 6.45. The Labute approximate surface area is 116 Å². The molecule has 0 aromatic carbocycles. The zero-order chi connectivity index (χ0) is 13.3. The van der Waals surface area contributed by atoms with Crippen molar-refractivity contribution in [3.63, 3.8) is 0 Å². The zero-order valence-corrected chi connectivity index (χ0v) is 12.5. The minimum Gasteiger partial charge on any atom is -0.481 e. The number of halogens is 1. The molecule has 0 unspecified atom stereocenters. The van der Waals surface area contributed by atoms with E-state index in [0.29, 0.717) is 6.42 Å². The van der Waals surface area contributed by atoms with Crippen LogP contribution in [0.5, 0.6) is 0 Å². The first-order chi connectivity index (χ1) is 8.50. The molecule has 1 aliphatic rings. The summed E-state index contributed by atoms with van der Waals surface area (Å²) in [6.45, 7) is 4.75. The van der Waals surface area contributed by atoms with Gasteiger partial charge in [0.15, 0.2) is 0 Å². The van der Waals surface area contributed by atoms with Gasteiger partial charge in [-0.3, -0.25) is 9.48 Å². The van der Waals surface area contributed by atoms with Gasteiger partial charge in [0.2, 0.25) is 0 Å². The molecule has 0 spiro atoms. The van der Waals surface area contributed by atoms with E-state index in [1.54, 1.807) is 0 Å². The monoisotopic (exact) mass is 314 g/mol. The molecule has 1 aromatic heterocycles. The molecule has 0 aliphatic heterocycles. The van der Waals surface area contributed by atoms with Gasteiger partial charge in [-0.25, -0.2) is 0 Å². The van der Waals surface area contributed by atoms with Crippen molar-refractivity contribution < 1.29 is 9.90 Å². The number of aromatic nitrogens is 2. The molecule has 1 aromatic rings. The van der Waals surface area contributed by atoms with Crippen LogP contribution in [0.3, 0.4) is 0 Å². The lowest BCUT2D eigenvalue weighted by molar-refractivity contribution is -0.148. The Hall–Kier alpha value is -0.840. The normalized spacial score (nSPS) is 18.2. The molecule has 0 atom stereocenters. The van der Waals surface area contributed by atoms with Crippen LogP contribution < -0.4 is 0 Å².